The summed E-state index contributed by atoms with van der Waals surface area (Å²) in [6, 6.07) is 13.8. The average molecular weight is 238 g/mol. The predicted molar refractivity (Wildman–Crippen MR) is 68.5 cm³/mol. The molecule has 0 fully saturated rings. The molecule has 2 aromatic carbocycles. The van der Waals surface area contributed by atoms with Gasteiger partial charge in [0.25, 0.3) is 0 Å². The summed E-state index contributed by atoms with van der Waals surface area (Å²) in [6.45, 7) is 0. The summed E-state index contributed by atoms with van der Waals surface area (Å²) in [5.41, 5.74) is 1.54. The zero-order valence-corrected chi connectivity index (χ0v) is 9.42. The Labute approximate surface area is 103 Å². The fourth-order valence-corrected chi connectivity index (χ4v) is 2.01. The van der Waals surface area contributed by atoms with E-state index in [0.29, 0.717) is 5.69 Å². The standard InChI is InChI=1S/C14H10N2O2/c17-14(18)12-8-15-16-13(12)11-6-5-9-3-1-2-4-10(9)7-11/h1-8H,(H,15,16)(H,17,18). The number of rotatable bonds is 2. The third-order valence-electron chi connectivity index (χ3n) is 2.91. The number of hydrogen-bond acceptors (Lipinski definition) is 2. The van der Waals surface area contributed by atoms with Gasteiger partial charge < -0.3 is 5.11 Å². The molecule has 0 amide bonds. The van der Waals surface area contributed by atoms with Gasteiger partial charge >= 0.3 is 5.97 Å². The molecule has 3 aromatic rings. The van der Waals surface area contributed by atoms with Crippen LogP contribution in [-0.4, -0.2) is 21.3 Å². The zero-order chi connectivity index (χ0) is 12.5. The fourth-order valence-electron chi connectivity index (χ4n) is 2.01. The number of carboxylic acids is 1. The van der Waals surface area contributed by atoms with Crippen molar-refractivity contribution in [2.24, 2.45) is 0 Å². The molecule has 1 aromatic heterocycles. The summed E-state index contributed by atoms with van der Waals surface area (Å²) in [6.07, 6.45) is 1.33. The summed E-state index contributed by atoms with van der Waals surface area (Å²) in [7, 11) is 0. The molecule has 0 radical (unpaired) electrons. The second-order valence-corrected chi connectivity index (χ2v) is 4.03. The molecule has 1 heterocycles. The van der Waals surface area contributed by atoms with Crippen LogP contribution >= 0.6 is 0 Å². The first kappa shape index (κ1) is 10.5. The minimum absolute atomic E-state index is 0.185. The molecule has 0 saturated heterocycles. The molecule has 0 saturated carbocycles. The molecule has 0 bridgehead atoms. The molecule has 3 rings (SSSR count). The summed E-state index contributed by atoms with van der Waals surface area (Å²) >= 11 is 0. The van der Waals surface area contributed by atoms with Gasteiger partial charge in [0.2, 0.25) is 0 Å². The molecular formula is C14H10N2O2. The van der Waals surface area contributed by atoms with Crippen LogP contribution in [0, 0.1) is 0 Å². The number of carbonyl (C=O) groups is 1. The Hall–Kier alpha value is -2.62. The lowest BCUT2D eigenvalue weighted by atomic mass is 10.0. The van der Waals surface area contributed by atoms with Crippen molar-refractivity contribution in [1.29, 1.82) is 0 Å². The van der Waals surface area contributed by atoms with Gasteiger partial charge in [-0.2, -0.15) is 5.10 Å². The number of hydrogen-bond donors (Lipinski definition) is 2. The second kappa shape index (κ2) is 4.00. The maximum atomic E-state index is 11.1. The van der Waals surface area contributed by atoms with Crippen molar-refractivity contribution in [1.82, 2.24) is 10.2 Å². The first-order valence-electron chi connectivity index (χ1n) is 5.51. The van der Waals surface area contributed by atoms with E-state index in [4.69, 9.17) is 5.11 Å². The highest BCUT2D eigenvalue weighted by atomic mass is 16.4. The first-order chi connectivity index (χ1) is 8.75. The van der Waals surface area contributed by atoms with Crippen molar-refractivity contribution in [2.45, 2.75) is 0 Å². The number of H-pyrrole nitrogens is 1. The Bertz CT molecular complexity index is 731. The normalized spacial score (nSPS) is 10.7. The van der Waals surface area contributed by atoms with Crippen molar-refractivity contribution in [2.75, 3.05) is 0 Å². The zero-order valence-electron chi connectivity index (χ0n) is 9.42. The monoisotopic (exact) mass is 238 g/mol. The van der Waals surface area contributed by atoms with Crippen LogP contribution in [0.4, 0.5) is 0 Å². The number of fused-ring (bicyclic) bond motifs is 1. The highest BCUT2D eigenvalue weighted by Gasteiger charge is 2.13. The number of benzene rings is 2. The van der Waals surface area contributed by atoms with Gasteiger partial charge in [0.15, 0.2) is 0 Å². The van der Waals surface area contributed by atoms with Crippen LogP contribution in [0.3, 0.4) is 0 Å². The van der Waals surface area contributed by atoms with Gasteiger partial charge in [0.05, 0.1) is 11.9 Å². The van der Waals surface area contributed by atoms with Crippen molar-refractivity contribution in [3.63, 3.8) is 0 Å². The molecule has 4 nitrogen and oxygen atoms in total. The van der Waals surface area contributed by atoms with Crippen molar-refractivity contribution in [3.05, 3.63) is 54.2 Å². The Morgan fingerprint density at radius 1 is 1.11 bits per heavy atom. The summed E-state index contributed by atoms with van der Waals surface area (Å²) < 4.78 is 0. The fraction of sp³-hybridized carbons (Fsp3) is 0. The topological polar surface area (TPSA) is 66.0 Å². The Morgan fingerprint density at radius 2 is 1.89 bits per heavy atom. The molecule has 18 heavy (non-hydrogen) atoms. The number of carboxylic acid groups (broad SMARTS) is 1. The van der Waals surface area contributed by atoms with Gasteiger partial charge in [0, 0.05) is 5.56 Å². The molecule has 2 N–H and O–H groups in total. The van der Waals surface area contributed by atoms with E-state index in [2.05, 4.69) is 10.2 Å². The van der Waals surface area contributed by atoms with Crippen LogP contribution in [0.5, 0.6) is 0 Å². The molecule has 0 aliphatic rings. The minimum Gasteiger partial charge on any atom is -0.478 e. The van der Waals surface area contributed by atoms with Gasteiger partial charge in [-0.1, -0.05) is 36.4 Å². The third kappa shape index (κ3) is 1.64. The Kier molecular flexibility index (Phi) is 2.34. The highest BCUT2D eigenvalue weighted by molar-refractivity contribution is 5.96. The van der Waals surface area contributed by atoms with Gasteiger partial charge in [0.1, 0.15) is 5.56 Å². The summed E-state index contributed by atoms with van der Waals surface area (Å²) in [4.78, 5) is 11.1. The lowest BCUT2D eigenvalue weighted by molar-refractivity contribution is 0.0698. The van der Waals surface area contributed by atoms with Crippen LogP contribution in [0.25, 0.3) is 22.0 Å². The number of aromatic nitrogens is 2. The van der Waals surface area contributed by atoms with Crippen LogP contribution in [0.1, 0.15) is 10.4 Å². The number of nitrogens with zero attached hydrogens (tertiary/aromatic N) is 1. The van der Waals surface area contributed by atoms with Gasteiger partial charge in [-0.25, -0.2) is 4.79 Å². The molecule has 88 valence electrons. The maximum Gasteiger partial charge on any atom is 0.339 e. The third-order valence-corrected chi connectivity index (χ3v) is 2.91. The highest BCUT2D eigenvalue weighted by Crippen LogP contribution is 2.25. The van der Waals surface area contributed by atoms with Gasteiger partial charge in [-0.05, 0) is 16.8 Å². The van der Waals surface area contributed by atoms with Crippen molar-refractivity contribution < 1.29 is 9.90 Å². The lowest BCUT2D eigenvalue weighted by Crippen LogP contribution is -1.96. The van der Waals surface area contributed by atoms with Crippen LogP contribution in [0.15, 0.2) is 48.7 Å². The number of aromatic carboxylic acids is 1. The SMILES string of the molecule is O=C(O)c1cn[nH]c1-c1ccc2ccccc2c1. The van der Waals surface area contributed by atoms with Crippen LogP contribution in [-0.2, 0) is 0 Å². The summed E-state index contributed by atoms with van der Waals surface area (Å²) in [5.74, 6) is -0.980. The lowest BCUT2D eigenvalue weighted by Gasteiger charge is -2.02. The Balaban J connectivity index is 2.19. The van der Waals surface area contributed by atoms with E-state index in [0.717, 1.165) is 16.3 Å². The number of aromatic amines is 1. The van der Waals surface area contributed by atoms with E-state index in [-0.39, 0.29) is 5.56 Å². The van der Waals surface area contributed by atoms with E-state index in [1.54, 1.807) is 0 Å². The Morgan fingerprint density at radius 3 is 2.67 bits per heavy atom. The van der Waals surface area contributed by atoms with Crippen molar-refractivity contribution >= 4 is 16.7 Å². The molecule has 0 unspecified atom stereocenters. The van der Waals surface area contributed by atoms with Crippen LogP contribution in [0.2, 0.25) is 0 Å². The second-order valence-electron chi connectivity index (χ2n) is 4.03. The smallest absolute Gasteiger partial charge is 0.339 e. The molecule has 0 spiro atoms. The van der Waals surface area contributed by atoms with E-state index in [1.807, 2.05) is 42.5 Å². The van der Waals surface area contributed by atoms with E-state index < -0.39 is 5.97 Å². The molecule has 4 heteroatoms. The number of nitrogens with one attached hydrogen (secondary N) is 1. The quantitative estimate of drug-likeness (QED) is 0.721. The average Bonchev–Trinajstić information content (AvgIpc) is 2.87. The van der Waals surface area contributed by atoms with E-state index >= 15 is 0 Å². The maximum absolute atomic E-state index is 11.1. The van der Waals surface area contributed by atoms with Gasteiger partial charge in [-0.3, -0.25) is 5.10 Å². The predicted octanol–water partition coefficient (Wildman–Crippen LogP) is 2.93. The van der Waals surface area contributed by atoms with E-state index in [1.165, 1.54) is 6.20 Å². The molecule has 0 aliphatic heterocycles. The molecule has 0 aliphatic carbocycles. The van der Waals surface area contributed by atoms with E-state index in [9.17, 15) is 4.79 Å². The summed E-state index contributed by atoms with van der Waals surface area (Å²) in [5, 5.41) is 17.8. The minimum atomic E-state index is -0.980. The first-order valence-corrected chi connectivity index (χ1v) is 5.51. The molecular weight excluding hydrogens is 228 g/mol. The largest absolute Gasteiger partial charge is 0.478 e. The van der Waals surface area contributed by atoms with Gasteiger partial charge in [-0.15, -0.1) is 0 Å². The van der Waals surface area contributed by atoms with Crippen LogP contribution < -0.4 is 0 Å². The molecule has 0 atom stereocenters. The van der Waals surface area contributed by atoms with Crippen molar-refractivity contribution in [3.8, 4) is 11.3 Å².